The third-order valence-electron chi connectivity index (χ3n) is 3.57. The molecular formula is C18H21N3O2. The summed E-state index contributed by atoms with van der Waals surface area (Å²) in [4.78, 5) is 29.5. The number of aryl methyl sites for hydroxylation is 2. The van der Waals surface area contributed by atoms with E-state index in [1.165, 1.54) is 13.1 Å². The molecule has 0 atom stereocenters. The zero-order valence-electron chi connectivity index (χ0n) is 13.7. The number of pyridine rings is 1. The lowest BCUT2D eigenvalue weighted by atomic mass is 10.1. The van der Waals surface area contributed by atoms with Crippen molar-refractivity contribution < 1.29 is 9.59 Å². The number of hydrogen-bond donors (Lipinski definition) is 1. The van der Waals surface area contributed by atoms with E-state index in [1.807, 2.05) is 32.0 Å². The Hall–Kier alpha value is -2.69. The standard InChI is InChI=1S/C18H21N3O2/c1-13-6-7-17(14(2)11-13)21(15(3)22)10-9-20-18(23)16-5-4-8-19-12-16/h4-8,11-12H,9-10H2,1-3H3,(H,20,23). The van der Waals surface area contributed by atoms with Crippen LogP contribution in [0.15, 0.2) is 42.7 Å². The van der Waals surface area contributed by atoms with Crippen molar-refractivity contribution in [2.45, 2.75) is 20.8 Å². The first-order valence-electron chi connectivity index (χ1n) is 7.52. The van der Waals surface area contributed by atoms with Gasteiger partial charge in [-0.05, 0) is 37.6 Å². The van der Waals surface area contributed by atoms with Gasteiger partial charge in [-0.1, -0.05) is 17.7 Å². The van der Waals surface area contributed by atoms with Gasteiger partial charge in [-0.3, -0.25) is 14.6 Å². The molecule has 0 saturated carbocycles. The van der Waals surface area contributed by atoms with E-state index in [0.717, 1.165) is 16.8 Å². The average molecular weight is 311 g/mol. The van der Waals surface area contributed by atoms with Gasteiger partial charge in [0.15, 0.2) is 0 Å². The van der Waals surface area contributed by atoms with Crippen LogP contribution in [-0.4, -0.2) is 29.9 Å². The van der Waals surface area contributed by atoms with Crippen LogP contribution in [0.3, 0.4) is 0 Å². The van der Waals surface area contributed by atoms with Crippen molar-refractivity contribution in [1.29, 1.82) is 0 Å². The van der Waals surface area contributed by atoms with Gasteiger partial charge in [-0.15, -0.1) is 0 Å². The SMILES string of the molecule is CC(=O)N(CCNC(=O)c1cccnc1)c1ccc(C)cc1C. The van der Waals surface area contributed by atoms with Gasteiger partial charge in [0, 0.05) is 38.1 Å². The molecule has 0 aliphatic rings. The van der Waals surface area contributed by atoms with Crippen LogP contribution in [0.2, 0.25) is 0 Å². The van der Waals surface area contributed by atoms with Crippen molar-refractivity contribution >= 4 is 17.5 Å². The van der Waals surface area contributed by atoms with Crippen LogP contribution in [0.25, 0.3) is 0 Å². The van der Waals surface area contributed by atoms with Crippen LogP contribution in [0, 0.1) is 13.8 Å². The van der Waals surface area contributed by atoms with Crippen molar-refractivity contribution in [3.05, 3.63) is 59.4 Å². The lowest BCUT2D eigenvalue weighted by molar-refractivity contribution is -0.116. The molecule has 0 fully saturated rings. The van der Waals surface area contributed by atoms with Crippen LogP contribution < -0.4 is 10.2 Å². The zero-order valence-corrected chi connectivity index (χ0v) is 13.7. The molecule has 1 heterocycles. The molecule has 1 aromatic carbocycles. The minimum atomic E-state index is -0.192. The maximum absolute atomic E-state index is 12.0. The second-order valence-corrected chi connectivity index (χ2v) is 5.46. The van der Waals surface area contributed by atoms with E-state index in [2.05, 4.69) is 10.3 Å². The molecule has 0 aliphatic carbocycles. The normalized spacial score (nSPS) is 10.2. The van der Waals surface area contributed by atoms with E-state index < -0.39 is 0 Å². The topological polar surface area (TPSA) is 62.3 Å². The van der Waals surface area contributed by atoms with Crippen LogP contribution in [-0.2, 0) is 4.79 Å². The Morgan fingerprint density at radius 2 is 2.00 bits per heavy atom. The van der Waals surface area contributed by atoms with Crippen LogP contribution in [0.1, 0.15) is 28.4 Å². The van der Waals surface area contributed by atoms with Gasteiger partial charge >= 0.3 is 0 Å². The summed E-state index contributed by atoms with van der Waals surface area (Å²) >= 11 is 0. The fourth-order valence-electron chi connectivity index (χ4n) is 2.44. The summed E-state index contributed by atoms with van der Waals surface area (Å²) in [6.45, 7) is 6.32. The molecule has 23 heavy (non-hydrogen) atoms. The third-order valence-corrected chi connectivity index (χ3v) is 3.57. The summed E-state index contributed by atoms with van der Waals surface area (Å²) < 4.78 is 0. The summed E-state index contributed by atoms with van der Waals surface area (Å²) in [5.41, 5.74) is 3.57. The number of anilines is 1. The lowest BCUT2D eigenvalue weighted by Gasteiger charge is -2.23. The smallest absolute Gasteiger partial charge is 0.252 e. The van der Waals surface area contributed by atoms with E-state index in [-0.39, 0.29) is 11.8 Å². The number of carbonyl (C=O) groups excluding carboxylic acids is 2. The lowest BCUT2D eigenvalue weighted by Crippen LogP contribution is -2.38. The number of rotatable bonds is 5. The van der Waals surface area contributed by atoms with Crippen LogP contribution >= 0.6 is 0 Å². The summed E-state index contributed by atoms with van der Waals surface area (Å²) in [7, 11) is 0. The third kappa shape index (κ3) is 4.39. The molecule has 0 bridgehead atoms. The molecule has 120 valence electrons. The van der Waals surface area contributed by atoms with Gasteiger partial charge in [0.1, 0.15) is 0 Å². The predicted octanol–water partition coefficient (Wildman–Crippen LogP) is 2.48. The first-order valence-corrected chi connectivity index (χ1v) is 7.52. The Bertz CT molecular complexity index is 699. The Morgan fingerprint density at radius 3 is 2.61 bits per heavy atom. The Balaban J connectivity index is 2.01. The molecule has 5 heteroatoms. The first-order chi connectivity index (χ1) is 11.0. The van der Waals surface area contributed by atoms with Crippen LogP contribution in [0.4, 0.5) is 5.69 Å². The average Bonchev–Trinajstić information content (AvgIpc) is 2.53. The highest BCUT2D eigenvalue weighted by molar-refractivity contribution is 5.94. The minimum Gasteiger partial charge on any atom is -0.350 e. The molecule has 0 unspecified atom stereocenters. The van der Waals surface area contributed by atoms with Crippen LogP contribution in [0.5, 0.6) is 0 Å². The summed E-state index contributed by atoms with van der Waals surface area (Å²) in [5, 5.41) is 2.81. The van der Waals surface area contributed by atoms with E-state index >= 15 is 0 Å². The highest BCUT2D eigenvalue weighted by Gasteiger charge is 2.14. The van der Waals surface area contributed by atoms with Crippen molar-refractivity contribution in [2.24, 2.45) is 0 Å². The number of nitrogens with zero attached hydrogens (tertiary/aromatic N) is 2. The van der Waals surface area contributed by atoms with E-state index in [0.29, 0.717) is 18.7 Å². The summed E-state index contributed by atoms with van der Waals surface area (Å²) in [6.07, 6.45) is 3.14. The number of benzene rings is 1. The van der Waals surface area contributed by atoms with Crippen molar-refractivity contribution in [1.82, 2.24) is 10.3 Å². The predicted molar refractivity (Wildman–Crippen MR) is 90.5 cm³/mol. The molecular weight excluding hydrogens is 290 g/mol. The number of nitrogens with one attached hydrogen (secondary N) is 1. The van der Waals surface area contributed by atoms with Crippen molar-refractivity contribution in [3.8, 4) is 0 Å². The largest absolute Gasteiger partial charge is 0.350 e. The fourth-order valence-corrected chi connectivity index (χ4v) is 2.44. The van der Waals surface area contributed by atoms with Crippen molar-refractivity contribution in [2.75, 3.05) is 18.0 Å². The van der Waals surface area contributed by atoms with Gasteiger partial charge in [-0.2, -0.15) is 0 Å². The first kappa shape index (κ1) is 16.7. The maximum Gasteiger partial charge on any atom is 0.252 e. The monoisotopic (exact) mass is 311 g/mol. The van der Waals surface area contributed by atoms with Gasteiger partial charge in [0.25, 0.3) is 5.91 Å². The molecule has 0 saturated heterocycles. The Morgan fingerprint density at radius 1 is 1.22 bits per heavy atom. The molecule has 2 rings (SSSR count). The van der Waals surface area contributed by atoms with E-state index in [1.54, 1.807) is 23.2 Å². The highest BCUT2D eigenvalue weighted by atomic mass is 16.2. The van der Waals surface area contributed by atoms with E-state index in [9.17, 15) is 9.59 Å². The van der Waals surface area contributed by atoms with Crippen molar-refractivity contribution in [3.63, 3.8) is 0 Å². The molecule has 2 aromatic rings. The molecule has 0 spiro atoms. The quantitative estimate of drug-likeness (QED) is 0.922. The summed E-state index contributed by atoms with van der Waals surface area (Å²) in [6, 6.07) is 9.38. The molecule has 2 amide bonds. The Kier molecular flexibility index (Phi) is 5.46. The van der Waals surface area contributed by atoms with E-state index in [4.69, 9.17) is 0 Å². The molecule has 0 aliphatic heterocycles. The highest BCUT2D eigenvalue weighted by Crippen LogP contribution is 2.21. The molecule has 1 N–H and O–H groups in total. The fraction of sp³-hybridized carbons (Fsp3) is 0.278. The number of carbonyl (C=O) groups is 2. The molecule has 5 nitrogen and oxygen atoms in total. The number of hydrogen-bond acceptors (Lipinski definition) is 3. The van der Waals surface area contributed by atoms with Gasteiger partial charge in [0.05, 0.1) is 5.56 Å². The molecule has 1 aromatic heterocycles. The minimum absolute atomic E-state index is 0.0485. The van der Waals surface area contributed by atoms with Gasteiger partial charge < -0.3 is 10.2 Å². The molecule has 0 radical (unpaired) electrons. The zero-order chi connectivity index (χ0) is 16.8. The second-order valence-electron chi connectivity index (χ2n) is 5.46. The van der Waals surface area contributed by atoms with Gasteiger partial charge in [0.2, 0.25) is 5.91 Å². The Labute approximate surface area is 136 Å². The maximum atomic E-state index is 12.0. The summed E-state index contributed by atoms with van der Waals surface area (Å²) in [5.74, 6) is -0.241. The number of amides is 2. The second kappa shape index (κ2) is 7.54. The number of aromatic nitrogens is 1. The van der Waals surface area contributed by atoms with Gasteiger partial charge in [-0.25, -0.2) is 0 Å².